The number of benzene rings is 2. The number of nitrogens with one attached hydrogen (secondary N) is 1. The molecule has 0 aliphatic carbocycles. The van der Waals surface area contributed by atoms with Gasteiger partial charge in [-0.2, -0.15) is 4.31 Å². The fourth-order valence-corrected chi connectivity index (χ4v) is 6.89. The smallest absolute Gasteiger partial charge is 0.255 e. The van der Waals surface area contributed by atoms with E-state index >= 15 is 0 Å². The van der Waals surface area contributed by atoms with Crippen LogP contribution in [0.5, 0.6) is 0 Å². The van der Waals surface area contributed by atoms with Crippen LogP contribution in [0.2, 0.25) is 15.1 Å². The highest BCUT2D eigenvalue weighted by molar-refractivity contribution is 7.89. The molecule has 36 heavy (non-hydrogen) atoms. The van der Waals surface area contributed by atoms with Crippen LogP contribution in [0.3, 0.4) is 0 Å². The van der Waals surface area contributed by atoms with Crippen LogP contribution < -0.4 is 0 Å². The molecule has 0 bridgehead atoms. The summed E-state index contributed by atoms with van der Waals surface area (Å²) in [5.74, 6) is -1.52. The predicted molar refractivity (Wildman–Crippen MR) is 131 cm³/mol. The molecule has 0 saturated carbocycles. The van der Waals surface area contributed by atoms with Crippen molar-refractivity contribution >= 4 is 56.6 Å². The van der Waals surface area contributed by atoms with Gasteiger partial charge in [-0.1, -0.05) is 46.9 Å². The predicted octanol–water partition coefficient (Wildman–Crippen LogP) is 3.95. The molecule has 194 valence electrons. The minimum absolute atomic E-state index is 0.0830. The lowest BCUT2D eigenvalue weighted by Gasteiger charge is -2.54. The molecule has 0 spiro atoms. The number of rotatable bonds is 6. The standard InChI is InChI=1S/C22H20Cl3F2N4O4S/c23-13-3-1-12(2-4-13)7-17-22(33)29(10-19(26)27)11-20-30(9-16(28)21(32)31(17)20)36(34,35)18-6-5-14(24)8-15(18)25/h1-6,8,16-17,19-20,28H,7,9-11H2/q-1. The summed E-state index contributed by atoms with van der Waals surface area (Å²) in [5, 5.41) is 0.451. The molecule has 2 amide bonds. The van der Waals surface area contributed by atoms with E-state index in [1.165, 1.54) is 18.2 Å². The van der Waals surface area contributed by atoms with E-state index < -0.39 is 66.1 Å². The van der Waals surface area contributed by atoms with Gasteiger partial charge >= 0.3 is 0 Å². The van der Waals surface area contributed by atoms with Gasteiger partial charge in [-0.05, 0) is 41.9 Å². The first-order chi connectivity index (χ1) is 16.9. The van der Waals surface area contributed by atoms with Crippen molar-refractivity contribution in [1.82, 2.24) is 14.1 Å². The second-order valence-electron chi connectivity index (χ2n) is 8.41. The maximum Gasteiger partial charge on any atom is 0.255 e. The SMILES string of the molecule is [NH-]C1CN(S(=O)(=O)c2ccc(Cl)cc2Cl)C2CN(CC(F)F)C(=O)C(Cc3ccc(Cl)cc3)N2C1=O. The van der Waals surface area contributed by atoms with Gasteiger partial charge in [0, 0.05) is 23.0 Å². The van der Waals surface area contributed by atoms with Gasteiger partial charge in [0.25, 0.3) is 6.43 Å². The number of fused-ring (bicyclic) bond motifs is 1. The largest absolute Gasteiger partial charge is 0.666 e. The molecular formula is C22H20Cl3F2N4O4S-. The van der Waals surface area contributed by atoms with Gasteiger partial charge in [0.1, 0.15) is 17.1 Å². The van der Waals surface area contributed by atoms with Gasteiger partial charge in [-0.3, -0.25) is 9.59 Å². The van der Waals surface area contributed by atoms with Crippen molar-refractivity contribution < 1.29 is 26.8 Å². The maximum atomic E-state index is 13.7. The van der Waals surface area contributed by atoms with Gasteiger partial charge in [-0.25, -0.2) is 17.2 Å². The Morgan fingerprint density at radius 3 is 2.22 bits per heavy atom. The summed E-state index contributed by atoms with van der Waals surface area (Å²) in [5.41, 5.74) is 8.85. The van der Waals surface area contributed by atoms with E-state index in [9.17, 15) is 26.8 Å². The van der Waals surface area contributed by atoms with Crippen LogP contribution >= 0.6 is 34.8 Å². The highest BCUT2D eigenvalue weighted by Crippen LogP contribution is 2.35. The van der Waals surface area contributed by atoms with E-state index in [1.54, 1.807) is 24.3 Å². The monoisotopic (exact) mass is 579 g/mol. The lowest BCUT2D eigenvalue weighted by atomic mass is 9.97. The molecular weight excluding hydrogens is 561 g/mol. The summed E-state index contributed by atoms with van der Waals surface area (Å²) < 4.78 is 54.9. The fraction of sp³-hybridized carbons (Fsp3) is 0.364. The Balaban J connectivity index is 1.79. The molecule has 3 unspecified atom stereocenters. The number of alkyl halides is 2. The molecule has 14 heteroatoms. The van der Waals surface area contributed by atoms with Crippen molar-refractivity contribution in [3.8, 4) is 0 Å². The molecule has 0 radical (unpaired) electrons. The summed E-state index contributed by atoms with van der Waals surface area (Å²) >= 11 is 18.0. The average molecular weight is 581 g/mol. The molecule has 1 N–H and O–H groups in total. The first kappa shape index (κ1) is 27.0. The number of hydrogen-bond acceptors (Lipinski definition) is 4. The topological polar surface area (TPSA) is 102 Å². The van der Waals surface area contributed by atoms with E-state index in [-0.39, 0.29) is 21.4 Å². The van der Waals surface area contributed by atoms with Crippen molar-refractivity contribution in [3.05, 3.63) is 68.8 Å². The minimum atomic E-state index is -4.42. The third-order valence-electron chi connectivity index (χ3n) is 6.07. The lowest BCUT2D eigenvalue weighted by molar-refractivity contribution is -0.166. The van der Waals surface area contributed by atoms with Gasteiger partial charge in [0.15, 0.2) is 0 Å². The lowest BCUT2D eigenvalue weighted by Crippen LogP contribution is -2.74. The Bertz CT molecular complexity index is 1280. The number of nitrogens with zero attached hydrogens (tertiary/aromatic N) is 3. The number of sulfonamides is 1. The summed E-state index contributed by atoms with van der Waals surface area (Å²) in [6.07, 6.45) is -4.28. The summed E-state index contributed by atoms with van der Waals surface area (Å²) in [6, 6.07) is 7.28. The van der Waals surface area contributed by atoms with Crippen molar-refractivity contribution in [1.29, 1.82) is 0 Å². The van der Waals surface area contributed by atoms with Crippen molar-refractivity contribution in [2.75, 3.05) is 19.6 Å². The Morgan fingerprint density at radius 1 is 0.972 bits per heavy atom. The first-order valence-corrected chi connectivity index (χ1v) is 13.3. The highest BCUT2D eigenvalue weighted by Gasteiger charge is 2.52. The quantitative estimate of drug-likeness (QED) is 0.516. The summed E-state index contributed by atoms with van der Waals surface area (Å²) in [6.45, 7) is -1.96. The van der Waals surface area contributed by atoms with Crippen molar-refractivity contribution in [3.63, 3.8) is 0 Å². The molecule has 2 saturated heterocycles. The second kappa shape index (κ2) is 10.4. The van der Waals surface area contributed by atoms with Crippen LogP contribution in [0.25, 0.3) is 5.73 Å². The number of piperazine rings is 1. The number of carbonyl (C=O) groups is 2. The van der Waals surface area contributed by atoms with Crippen LogP contribution in [0, 0.1) is 0 Å². The van der Waals surface area contributed by atoms with Crippen molar-refractivity contribution in [2.45, 2.75) is 36.0 Å². The maximum absolute atomic E-state index is 13.7. The molecule has 8 nitrogen and oxygen atoms in total. The average Bonchev–Trinajstić information content (AvgIpc) is 2.79. The number of hydrogen-bond donors (Lipinski definition) is 0. The molecule has 2 aliphatic heterocycles. The third kappa shape index (κ3) is 5.18. The van der Waals surface area contributed by atoms with Gasteiger partial charge in [0.2, 0.25) is 21.8 Å². The summed E-state index contributed by atoms with van der Waals surface area (Å²) in [4.78, 5) is 28.0. The highest BCUT2D eigenvalue weighted by atomic mass is 35.5. The van der Waals surface area contributed by atoms with E-state index in [0.717, 1.165) is 14.1 Å². The van der Waals surface area contributed by atoms with Crippen LogP contribution in [0.4, 0.5) is 8.78 Å². The normalized spacial score (nSPS) is 23.4. The van der Waals surface area contributed by atoms with E-state index in [2.05, 4.69) is 0 Å². The van der Waals surface area contributed by atoms with Crippen molar-refractivity contribution in [2.24, 2.45) is 0 Å². The van der Waals surface area contributed by atoms with Gasteiger partial charge < -0.3 is 15.5 Å². The number of amides is 2. The van der Waals surface area contributed by atoms with E-state index in [4.69, 9.17) is 40.5 Å². The number of halogens is 5. The van der Waals surface area contributed by atoms with Crippen LogP contribution in [0.1, 0.15) is 5.56 Å². The number of carbonyl (C=O) groups excluding carboxylic acids is 2. The Morgan fingerprint density at radius 2 is 1.61 bits per heavy atom. The molecule has 0 aromatic heterocycles. The fourth-order valence-electron chi connectivity index (χ4n) is 4.43. The molecule has 3 atom stereocenters. The summed E-state index contributed by atoms with van der Waals surface area (Å²) in [7, 11) is -4.42. The zero-order chi connectivity index (χ0) is 26.4. The zero-order valence-corrected chi connectivity index (χ0v) is 21.5. The molecule has 2 aromatic rings. The molecule has 2 fully saturated rings. The minimum Gasteiger partial charge on any atom is -0.666 e. The second-order valence-corrected chi connectivity index (χ2v) is 11.5. The van der Waals surface area contributed by atoms with Crippen LogP contribution in [-0.4, -0.2) is 78.6 Å². The van der Waals surface area contributed by atoms with E-state index in [1.807, 2.05) is 0 Å². The Kier molecular flexibility index (Phi) is 7.80. The molecule has 2 aromatic carbocycles. The van der Waals surface area contributed by atoms with Crippen LogP contribution in [-0.2, 0) is 26.0 Å². The molecule has 2 heterocycles. The van der Waals surface area contributed by atoms with Crippen LogP contribution in [0.15, 0.2) is 47.4 Å². The van der Waals surface area contributed by atoms with Gasteiger partial charge in [0.05, 0.1) is 18.1 Å². The first-order valence-electron chi connectivity index (χ1n) is 10.7. The molecule has 2 aliphatic rings. The Hall–Kier alpha value is -2.02. The van der Waals surface area contributed by atoms with Gasteiger partial charge in [-0.15, -0.1) is 0 Å². The van der Waals surface area contributed by atoms with E-state index in [0.29, 0.717) is 10.6 Å². The zero-order valence-electron chi connectivity index (χ0n) is 18.5. The Labute approximate surface area is 221 Å². The third-order valence-corrected chi connectivity index (χ3v) is 8.90. The molecule has 4 rings (SSSR count).